The molecule has 5 heteroatoms. The Morgan fingerprint density at radius 1 is 1.31 bits per heavy atom. The maximum absolute atomic E-state index is 5.94. The predicted octanol–water partition coefficient (Wildman–Crippen LogP) is 1.50. The largest absolute Gasteiger partial charge is 0.368 e. The number of nitrogens with two attached hydrogens (primary N) is 1. The van der Waals surface area contributed by atoms with E-state index in [9.17, 15) is 0 Å². The van der Waals surface area contributed by atoms with Crippen molar-refractivity contribution in [3.8, 4) is 5.69 Å². The van der Waals surface area contributed by atoms with E-state index < -0.39 is 0 Å². The van der Waals surface area contributed by atoms with Crippen LogP contribution in [0.5, 0.6) is 0 Å². The summed E-state index contributed by atoms with van der Waals surface area (Å²) in [6.07, 6.45) is 1.39. The molecule has 2 aromatic rings. The fourth-order valence-corrected chi connectivity index (χ4v) is 1.28. The molecule has 0 aliphatic rings. The molecule has 1 aromatic heterocycles. The summed E-state index contributed by atoms with van der Waals surface area (Å²) in [5, 5.41) is 4.54. The van der Waals surface area contributed by atoms with Gasteiger partial charge in [-0.1, -0.05) is 23.7 Å². The molecule has 0 atom stereocenters. The Bertz CT molecular complexity index is 424. The van der Waals surface area contributed by atoms with Gasteiger partial charge < -0.3 is 5.73 Å². The minimum atomic E-state index is 0.327. The maximum Gasteiger partial charge on any atom is 0.223 e. The van der Waals surface area contributed by atoms with Crippen LogP contribution in [-0.4, -0.2) is 14.8 Å². The van der Waals surface area contributed by atoms with E-state index in [-0.39, 0.29) is 0 Å². The Morgan fingerprint density at radius 3 is 2.69 bits per heavy atom. The van der Waals surface area contributed by atoms with Gasteiger partial charge in [-0.25, -0.2) is 0 Å². The second kappa shape index (κ2) is 3.06. The van der Waals surface area contributed by atoms with Crippen LogP contribution < -0.4 is 5.73 Å². The smallest absolute Gasteiger partial charge is 0.223 e. The third-order valence-electron chi connectivity index (χ3n) is 1.65. The van der Waals surface area contributed by atoms with Crippen LogP contribution in [-0.2, 0) is 0 Å². The van der Waals surface area contributed by atoms with Crippen molar-refractivity contribution in [3.05, 3.63) is 35.6 Å². The fourth-order valence-electron chi connectivity index (χ4n) is 1.06. The SMILES string of the molecule is Nc1ncnn1-c1ccccc1Cl. The van der Waals surface area contributed by atoms with Crippen LogP contribution in [0.2, 0.25) is 5.02 Å². The molecule has 1 aromatic carbocycles. The molecule has 0 fully saturated rings. The molecule has 0 saturated heterocycles. The highest BCUT2D eigenvalue weighted by molar-refractivity contribution is 6.32. The van der Waals surface area contributed by atoms with E-state index in [2.05, 4.69) is 10.1 Å². The molecule has 2 rings (SSSR count). The Morgan fingerprint density at radius 2 is 2.08 bits per heavy atom. The van der Waals surface area contributed by atoms with Crippen molar-refractivity contribution in [1.29, 1.82) is 0 Å². The number of benzene rings is 1. The Balaban J connectivity index is 2.59. The van der Waals surface area contributed by atoms with Crippen molar-refractivity contribution in [2.24, 2.45) is 0 Å². The van der Waals surface area contributed by atoms with Crippen molar-refractivity contribution in [2.45, 2.75) is 0 Å². The number of para-hydroxylation sites is 1. The molecular formula is C8H7ClN4. The van der Waals surface area contributed by atoms with Crippen LogP contribution in [0.1, 0.15) is 0 Å². The number of aromatic nitrogens is 3. The van der Waals surface area contributed by atoms with Gasteiger partial charge in [0.05, 0.1) is 10.7 Å². The maximum atomic E-state index is 5.94. The first-order chi connectivity index (χ1) is 6.29. The van der Waals surface area contributed by atoms with Gasteiger partial charge in [0.1, 0.15) is 6.33 Å². The second-order valence-electron chi connectivity index (χ2n) is 2.48. The summed E-state index contributed by atoms with van der Waals surface area (Å²) in [5.41, 5.74) is 6.31. The van der Waals surface area contributed by atoms with E-state index in [4.69, 9.17) is 17.3 Å². The molecule has 0 aliphatic carbocycles. The molecule has 13 heavy (non-hydrogen) atoms. The van der Waals surface area contributed by atoms with Gasteiger partial charge in [-0.2, -0.15) is 14.8 Å². The third kappa shape index (κ3) is 1.36. The molecule has 0 spiro atoms. The van der Waals surface area contributed by atoms with Crippen molar-refractivity contribution in [3.63, 3.8) is 0 Å². The lowest BCUT2D eigenvalue weighted by Gasteiger charge is -2.03. The number of nitrogens with zero attached hydrogens (tertiary/aromatic N) is 3. The van der Waals surface area contributed by atoms with Crippen LogP contribution in [0.3, 0.4) is 0 Å². The molecule has 0 amide bonds. The Labute approximate surface area is 80.0 Å². The van der Waals surface area contributed by atoms with Crippen molar-refractivity contribution in [2.75, 3.05) is 5.73 Å². The zero-order valence-electron chi connectivity index (χ0n) is 6.68. The molecule has 0 saturated carbocycles. The van der Waals surface area contributed by atoms with Gasteiger partial charge in [-0.15, -0.1) is 0 Å². The first-order valence-corrected chi connectivity index (χ1v) is 4.07. The first-order valence-electron chi connectivity index (χ1n) is 3.69. The monoisotopic (exact) mass is 194 g/mol. The highest BCUT2D eigenvalue weighted by Gasteiger charge is 2.05. The van der Waals surface area contributed by atoms with E-state index in [1.807, 2.05) is 18.2 Å². The quantitative estimate of drug-likeness (QED) is 0.749. The zero-order valence-corrected chi connectivity index (χ0v) is 7.44. The number of nitrogen functional groups attached to an aromatic ring is 1. The topological polar surface area (TPSA) is 56.7 Å². The molecule has 1 heterocycles. The standard InChI is InChI=1S/C8H7ClN4/c9-6-3-1-2-4-7(6)13-8(10)11-5-12-13/h1-5H,(H2,10,11,12). The van der Waals surface area contributed by atoms with Crippen molar-refractivity contribution < 1.29 is 0 Å². The molecule has 66 valence electrons. The summed E-state index contributed by atoms with van der Waals surface area (Å²) in [4.78, 5) is 3.81. The van der Waals surface area contributed by atoms with Crippen LogP contribution in [0.4, 0.5) is 5.95 Å². The number of anilines is 1. The summed E-state index contributed by atoms with van der Waals surface area (Å²) in [6, 6.07) is 7.31. The number of rotatable bonds is 1. The van der Waals surface area contributed by atoms with Crippen LogP contribution >= 0.6 is 11.6 Å². The molecule has 0 aliphatic heterocycles. The summed E-state index contributed by atoms with van der Waals surface area (Å²) in [5.74, 6) is 0.327. The zero-order chi connectivity index (χ0) is 9.26. The molecular weight excluding hydrogens is 188 g/mol. The lowest BCUT2D eigenvalue weighted by Crippen LogP contribution is -2.02. The van der Waals surface area contributed by atoms with Gasteiger partial charge in [0.2, 0.25) is 5.95 Å². The molecule has 4 nitrogen and oxygen atoms in total. The number of hydrogen-bond donors (Lipinski definition) is 1. The lowest BCUT2D eigenvalue weighted by atomic mass is 10.3. The molecule has 2 N–H and O–H groups in total. The molecule has 0 radical (unpaired) electrons. The van der Waals surface area contributed by atoms with Crippen LogP contribution in [0.15, 0.2) is 30.6 Å². The first kappa shape index (κ1) is 8.07. The van der Waals surface area contributed by atoms with Gasteiger partial charge in [0.25, 0.3) is 0 Å². The highest BCUT2D eigenvalue weighted by atomic mass is 35.5. The van der Waals surface area contributed by atoms with Gasteiger partial charge in [0, 0.05) is 0 Å². The van der Waals surface area contributed by atoms with Gasteiger partial charge >= 0.3 is 0 Å². The van der Waals surface area contributed by atoms with Gasteiger partial charge in [-0.05, 0) is 12.1 Å². The Kier molecular flexibility index (Phi) is 1.90. The number of hydrogen-bond acceptors (Lipinski definition) is 3. The lowest BCUT2D eigenvalue weighted by molar-refractivity contribution is 0.891. The normalized spacial score (nSPS) is 10.2. The van der Waals surface area contributed by atoms with Crippen molar-refractivity contribution >= 4 is 17.5 Å². The highest BCUT2D eigenvalue weighted by Crippen LogP contribution is 2.19. The number of halogens is 1. The summed E-state index contributed by atoms with van der Waals surface area (Å²) in [7, 11) is 0. The minimum Gasteiger partial charge on any atom is -0.368 e. The van der Waals surface area contributed by atoms with E-state index in [1.165, 1.54) is 11.0 Å². The summed E-state index contributed by atoms with van der Waals surface area (Å²) < 4.78 is 1.49. The third-order valence-corrected chi connectivity index (χ3v) is 1.97. The van der Waals surface area contributed by atoms with Gasteiger partial charge in [0.15, 0.2) is 0 Å². The fraction of sp³-hybridized carbons (Fsp3) is 0. The average Bonchev–Trinajstić information content (AvgIpc) is 2.52. The van der Waals surface area contributed by atoms with E-state index >= 15 is 0 Å². The van der Waals surface area contributed by atoms with E-state index in [1.54, 1.807) is 6.07 Å². The summed E-state index contributed by atoms with van der Waals surface area (Å²) in [6.45, 7) is 0. The van der Waals surface area contributed by atoms with Gasteiger partial charge in [-0.3, -0.25) is 0 Å². The average molecular weight is 195 g/mol. The van der Waals surface area contributed by atoms with E-state index in [0.29, 0.717) is 11.0 Å². The summed E-state index contributed by atoms with van der Waals surface area (Å²) >= 11 is 5.94. The van der Waals surface area contributed by atoms with Crippen LogP contribution in [0, 0.1) is 0 Å². The van der Waals surface area contributed by atoms with E-state index in [0.717, 1.165) is 5.69 Å². The molecule has 0 bridgehead atoms. The minimum absolute atomic E-state index is 0.327. The van der Waals surface area contributed by atoms with Crippen molar-refractivity contribution in [1.82, 2.24) is 14.8 Å². The predicted molar refractivity (Wildman–Crippen MR) is 50.8 cm³/mol. The Hall–Kier alpha value is -1.55. The van der Waals surface area contributed by atoms with Crippen LogP contribution in [0.25, 0.3) is 5.69 Å². The second-order valence-corrected chi connectivity index (χ2v) is 2.89. The molecule has 0 unspecified atom stereocenters.